The summed E-state index contributed by atoms with van der Waals surface area (Å²) in [4.78, 5) is 28.2. The number of rotatable bonds is 3. The number of carbonyl (C=O) groups is 1. The van der Waals surface area contributed by atoms with Gasteiger partial charge in [-0.25, -0.2) is 9.97 Å². The van der Waals surface area contributed by atoms with E-state index in [1.165, 1.54) is 11.3 Å². The topological polar surface area (TPSA) is 59.0 Å². The summed E-state index contributed by atoms with van der Waals surface area (Å²) in [7, 11) is 0. The van der Waals surface area contributed by atoms with E-state index < -0.39 is 0 Å². The predicted octanol–water partition coefficient (Wildman–Crippen LogP) is 3.62. The summed E-state index contributed by atoms with van der Waals surface area (Å²) in [6, 6.07) is 12.0. The Labute approximate surface area is 150 Å². The Kier molecular flexibility index (Phi) is 4.52. The summed E-state index contributed by atoms with van der Waals surface area (Å²) in [6.45, 7) is 1.51. The molecule has 1 aromatic carbocycles. The van der Waals surface area contributed by atoms with Gasteiger partial charge in [-0.3, -0.25) is 9.78 Å². The van der Waals surface area contributed by atoms with E-state index in [-0.39, 0.29) is 5.91 Å². The van der Waals surface area contributed by atoms with E-state index in [0.29, 0.717) is 10.8 Å². The minimum absolute atomic E-state index is 0.0913. The second-order valence-corrected chi connectivity index (χ2v) is 6.99. The number of amides is 1. The molecule has 1 aliphatic rings. The summed E-state index contributed by atoms with van der Waals surface area (Å²) in [5.41, 5.74) is 3.80. The van der Waals surface area contributed by atoms with Crippen LogP contribution in [-0.4, -0.2) is 38.8 Å². The zero-order valence-electron chi connectivity index (χ0n) is 13.7. The first-order chi connectivity index (χ1) is 12.3. The van der Waals surface area contributed by atoms with Gasteiger partial charge in [-0.1, -0.05) is 30.3 Å². The third-order valence-electron chi connectivity index (χ3n) is 4.55. The lowest BCUT2D eigenvalue weighted by molar-refractivity contribution is 0.0716. The van der Waals surface area contributed by atoms with Crippen LogP contribution in [0.15, 0.2) is 54.3 Å². The number of aromatic nitrogens is 3. The first-order valence-electron chi connectivity index (χ1n) is 8.37. The number of benzene rings is 1. The van der Waals surface area contributed by atoms with E-state index in [0.717, 1.165) is 43.0 Å². The third-order valence-corrected chi connectivity index (χ3v) is 5.31. The van der Waals surface area contributed by atoms with Gasteiger partial charge in [-0.05, 0) is 18.9 Å². The van der Waals surface area contributed by atoms with Crippen LogP contribution in [0, 0.1) is 0 Å². The van der Waals surface area contributed by atoms with Crippen molar-refractivity contribution in [1.29, 1.82) is 0 Å². The standard InChI is InChI=1S/C19H18N4OS/c24-19(17-12-20-13-25-17)23-10-7-14(8-11-23)16-6-9-21-18(22-16)15-4-2-1-3-5-15/h1-6,9,12-14H,7-8,10-11H2. The molecule has 0 spiro atoms. The SMILES string of the molecule is O=C(c1cncs1)N1CCC(c2ccnc(-c3ccccc3)n2)CC1. The molecular formula is C19H18N4OS. The van der Waals surface area contributed by atoms with Crippen molar-refractivity contribution in [1.82, 2.24) is 19.9 Å². The molecule has 1 fully saturated rings. The van der Waals surface area contributed by atoms with Gasteiger partial charge in [-0.15, -0.1) is 11.3 Å². The Morgan fingerprint density at radius 3 is 2.64 bits per heavy atom. The molecule has 5 nitrogen and oxygen atoms in total. The molecule has 0 N–H and O–H groups in total. The van der Waals surface area contributed by atoms with Gasteiger partial charge >= 0.3 is 0 Å². The highest BCUT2D eigenvalue weighted by Crippen LogP contribution is 2.28. The summed E-state index contributed by atoms with van der Waals surface area (Å²) in [6.07, 6.45) is 5.33. The maximum atomic E-state index is 12.4. The molecule has 1 saturated heterocycles. The van der Waals surface area contributed by atoms with Crippen molar-refractivity contribution in [2.45, 2.75) is 18.8 Å². The predicted molar refractivity (Wildman–Crippen MR) is 97.5 cm³/mol. The smallest absolute Gasteiger partial charge is 0.265 e. The van der Waals surface area contributed by atoms with Crippen molar-refractivity contribution in [2.24, 2.45) is 0 Å². The molecule has 2 aromatic heterocycles. The fourth-order valence-corrected chi connectivity index (χ4v) is 3.77. The van der Waals surface area contributed by atoms with Crippen LogP contribution in [0.25, 0.3) is 11.4 Å². The van der Waals surface area contributed by atoms with E-state index in [1.54, 1.807) is 11.7 Å². The highest BCUT2D eigenvalue weighted by molar-refractivity contribution is 7.11. The second kappa shape index (κ2) is 7.11. The Hall–Kier alpha value is -2.60. The first-order valence-corrected chi connectivity index (χ1v) is 9.25. The lowest BCUT2D eigenvalue weighted by atomic mass is 9.93. The quantitative estimate of drug-likeness (QED) is 0.724. The van der Waals surface area contributed by atoms with Gasteiger partial charge in [0.05, 0.1) is 11.7 Å². The van der Waals surface area contributed by atoms with Crippen molar-refractivity contribution in [2.75, 3.05) is 13.1 Å². The lowest BCUT2D eigenvalue weighted by Crippen LogP contribution is -2.37. The first kappa shape index (κ1) is 15.9. The van der Waals surface area contributed by atoms with Crippen molar-refractivity contribution in [3.63, 3.8) is 0 Å². The Bertz CT molecular complexity index is 843. The summed E-state index contributed by atoms with van der Waals surface area (Å²) in [5.74, 6) is 1.23. The van der Waals surface area contributed by atoms with Gasteiger partial charge in [0.15, 0.2) is 5.82 Å². The van der Waals surface area contributed by atoms with Gasteiger partial charge in [0.25, 0.3) is 5.91 Å². The number of piperidine rings is 1. The normalized spacial score (nSPS) is 15.3. The lowest BCUT2D eigenvalue weighted by Gasteiger charge is -2.31. The van der Waals surface area contributed by atoms with E-state index in [9.17, 15) is 4.79 Å². The van der Waals surface area contributed by atoms with Crippen LogP contribution < -0.4 is 0 Å². The number of thiazole rings is 1. The molecule has 1 aliphatic heterocycles. The summed E-state index contributed by atoms with van der Waals surface area (Å²) >= 11 is 1.40. The van der Waals surface area contributed by atoms with Crippen LogP contribution in [-0.2, 0) is 0 Å². The van der Waals surface area contributed by atoms with Gasteiger partial charge in [-0.2, -0.15) is 0 Å². The summed E-state index contributed by atoms with van der Waals surface area (Å²) < 4.78 is 0. The summed E-state index contributed by atoms with van der Waals surface area (Å²) in [5, 5.41) is 0. The van der Waals surface area contributed by atoms with Crippen molar-refractivity contribution in [3.05, 3.63) is 64.9 Å². The van der Waals surface area contributed by atoms with E-state index >= 15 is 0 Å². The Morgan fingerprint density at radius 2 is 1.92 bits per heavy atom. The van der Waals surface area contributed by atoms with Gasteiger partial charge < -0.3 is 4.90 Å². The number of hydrogen-bond donors (Lipinski definition) is 0. The zero-order valence-corrected chi connectivity index (χ0v) is 14.5. The largest absolute Gasteiger partial charge is 0.338 e. The molecule has 0 saturated carbocycles. The fourth-order valence-electron chi connectivity index (χ4n) is 3.18. The molecule has 0 atom stereocenters. The Morgan fingerprint density at radius 1 is 1.12 bits per heavy atom. The molecule has 6 heteroatoms. The molecule has 0 unspecified atom stereocenters. The molecule has 4 rings (SSSR count). The molecule has 3 heterocycles. The molecular weight excluding hydrogens is 332 g/mol. The Balaban J connectivity index is 1.45. The van der Waals surface area contributed by atoms with E-state index in [4.69, 9.17) is 4.98 Å². The maximum absolute atomic E-state index is 12.4. The molecule has 1 amide bonds. The van der Waals surface area contributed by atoms with Crippen LogP contribution in [0.1, 0.15) is 34.1 Å². The van der Waals surface area contributed by atoms with Gasteiger partial charge in [0.1, 0.15) is 4.88 Å². The zero-order chi connectivity index (χ0) is 17.1. The molecule has 0 radical (unpaired) electrons. The highest BCUT2D eigenvalue weighted by Gasteiger charge is 2.26. The average Bonchev–Trinajstić information content (AvgIpc) is 3.23. The van der Waals surface area contributed by atoms with Crippen LogP contribution in [0.2, 0.25) is 0 Å². The monoisotopic (exact) mass is 350 g/mol. The van der Waals surface area contributed by atoms with E-state index in [2.05, 4.69) is 9.97 Å². The van der Waals surface area contributed by atoms with Crippen molar-refractivity contribution >= 4 is 17.2 Å². The molecule has 25 heavy (non-hydrogen) atoms. The van der Waals surface area contributed by atoms with Gasteiger partial charge in [0.2, 0.25) is 0 Å². The maximum Gasteiger partial charge on any atom is 0.265 e. The van der Waals surface area contributed by atoms with Crippen molar-refractivity contribution < 1.29 is 4.79 Å². The van der Waals surface area contributed by atoms with Crippen LogP contribution in [0.5, 0.6) is 0 Å². The number of likely N-dealkylation sites (tertiary alicyclic amines) is 1. The van der Waals surface area contributed by atoms with Crippen molar-refractivity contribution in [3.8, 4) is 11.4 Å². The minimum atomic E-state index is 0.0913. The molecule has 0 aliphatic carbocycles. The van der Waals surface area contributed by atoms with Crippen LogP contribution in [0.4, 0.5) is 0 Å². The average molecular weight is 350 g/mol. The van der Waals surface area contributed by atoms with Gasteiger partial charge in [0, 0.05) is 36.5 Å². The second-order valence-electron chi connectivity index (χ2n) is 6.10. The third kappa shape index (κ3) is 3.44. The molecule has 126 valence electrons. The number of carbonyl (C=O) groups excluding carboxylic acids is 1. The molecule has 0 bridgehead atoms. The minimum Gasteiger partial charge on any atom is -0.338 e. The highest BCUT2D eigenvalue weighted by atomic mass is 32.1. The fraction of sp³-hybridized carbons (Fsp3) is 0.263. The number of nitrogens with zero attached hydrogens (tertiary/aromatic N) is 4. The number of hydrogen-bond acceptors (Lipinski definition) is 5. The van der Waals surface area contributed by atoms with Crippen LogP contribution in [0.3, 0.4) is 0 Å². The molecule has 3 aromatic rings. The van der Waals surface area contributed by atoms with E-state index in [1.807, 2.05) is 47.5 Å². The van der Waals surface area contributed by atoms with Crippen LogP contribution >= 0.6 is 11.3 Å².